The zero-order chi connectivity index (χ0) is 25.5. The summed E-state index contributed by atoms with van der Waals surface area (Å²) >= 11 is 1.35. The maximum Gasteiger partial charge on any atom is 0.240 e. The van der Waals surface area contributed by atoms with Crippen LogP contribution in [0.4, 0.5) is 5.69 Å². The summed E-state index contributed by atoms with van der Waals surface area (Å²) in [6.07, 6.45) is 2.89. The number of benzene rings is 3. The van der Waals surface area contributed by atoms with E-state index in [-0.39, 0.29) is 5.91 Å². The summed E-state index contributed by atoms with van der Waals surface area (Å²) < 4.78 is 0. The van der Waals surface area contributed by atoms with Crippen LogP contribution < -0.4 is 5.32 Å². The first-order chi connectivity index (χ1) is 17.5. The molecule has 2 amide bonds. The third kappa shape index (κ3) is 6.33. The Bertz CT molecular complexity index is 1220. The quantitative estimate of drug-likeness (QED) is 0.275. The molecule has 0 aromatic heterocycles. The van der Waals surface area contributed by atoms with Gasteiger partial charge in [0.15, 0.2) is 5.17 Å². The highest BCUT2D eigenvalue weighted by molar-refractivity contribution is 8.14. The summed E-state index contributed by atoms with van der Waals surface area (Å²) in [5.74, 6) is 0.349. The number of likely N-dealkylation sites (N-methyl/N-ethyl adjacent to an activating group) is 1. The molecule has 1 aliphatic heterocycles. The standard InChI is InChI=1S/C29H34N4O2S/c1-21-17-24-11-7-8-12-25(24)18-26(21)31-29(33(20-34)19-22-13-15-30-16-14-22)36-27(28(35)32(2)3)23-9-5-4-6-10-23/h4-12,17-18,20,22,27,30H,13-16,19H2,1-3H3. The fourth-order valence-corrected chi connectivity index (χ4v) is 5.68. The van der Waals surface area contributed by atoms with E-state index in [2.05, 4.69) is 29.6 Å². The number of amides is 2. The van der Waals surface area contributed by atoms with Crippen molar-refractivity contribution in [1.29, 1.82) is 0 Å². The van der Waals surface area contributed by atoms with Gasteiger partial charge in [-0.3, -0.25) is 14.5 Å². The number of nitrogens with one attached hydrogen (secondary N) is 1. The Morgan fingerprint density at radius 2 is 1.69 bits per heavy atom. The van der Waals surface area contributed by atoms with Crippen molar-refractivity contribution in [2.45, 2.75) is 25.0 Å². The second-order valence-electron chi connectivity index (χ2n) is 9.47. The highest BCUT2D eigenvalue weighted by atomic mass is 32.2. The smallest absolute Gasteiger partial charge is 0.240 e. The number of nitrogens with zero attached hydrogens (tertiary/aromatic N) is 3. The number of hydrogen-bond acceptors (Lipinski definition) is 5. The minimum atomic E-state index is -0.517. The maximum atomic E-state index is 13.3. The van der Waals surface area contributed by atoms with Crippen molar-refractivity contribution >= 4 is 45.7 Å². The Labute approximate surface area is 217 Å². The topological polar surface area (TPSA) is 65.0 Å². The number of fused-ring (bicyclic) bond motifs is 1. The van der Waals surface area contributed by atoms with Gasteiger partial charge < -0.3 is 10.2 Å². The lowest BCUT2D eigenvalue weighted by atomic mass is 9.98. The molecule has 7 heteroatoms. The van der Waals surface area contributed by atoms with Crippen LogP contribution in [0.2, 0.25) is 0 Å². The first kappa shape index (κ1) is 25.9. The van der Waals surface area contributed by atoms with Gasteiger partial charge in [-0.2, -0.15) is 0 Å². The molecule has 3 aromatic rings. The molecule has 1 aliphatic rings. The average Bonchev–Trinajstić information content (AvgIpc) is 2.90. The number of rotatable bonds is 7. The van der Waals surface area contributed by atoms with Crippen molar-refractivity contribution in [2.75, 3.05) is 33.7 Å². The van der Waals surface area contributed by atoms with Crippen LogP contribution in [0.5, 0.6) is 0 Å². The molecule has 0 aliphatic carbocycles. The summed E-state index contributed by atoms with van der Waals surface area (Å²) in [4.78, 5) is 34.1. The van der Waals surface area contributed by atoms with Gasteiger partial charge in [-0.15, -0.1) is 0 Å². The third-order valence-corrected chi connectivity index (χ3v) is 7.80. The monoisotopic (exact) mass is 502 g/mol. The van der Waals surface area contributed by atoms with Crippen LogP contribution in [0, 0.1) is 12.8 Å². The molecular formula is C29H34N4O2S. The van der Waals surface area contributed by atoms with Gasteiger partial charge in [0.2, 0.25) is 12.3 Å². The summed E-state index contributed by atoms with van der Waals surface area (Å²) in [5, 5.41) is 5.66. The summed E-state index contributed by atoms with van der Waals surface area (Å²) in [5.41, 5.74) is 2.71. The molecule has 1 heterocycles. The van der Waals surface area contributed by atoms with Gasteiger partial charge in [-0.1, -0.05) is 66.4 Å². The lowest BCUT2D eigenvalue weighted by Gasteiger charge is -2.30. The number of aliphatic imine (C=N–C) groups is 1. The predicted octanol–water partition coefficient (Wildman–Crippen LogP) is 5.16. The van der Waals surface area contributed by atoms with Crippen molar-refractivity contribution in [1.82, 2.24) is 15.1 Å². The lowest BCUT2D eigenvalue weighted by Crippen LogP contribution is -2.38. The molecule has 6 nitrogen and oxygen atoms in total. The van der Waals surface area contributed by atoms with Gasteiger partial charge in [-0.25, -0.2) is 4.99 Å². The molecular weight excluding hydrogens is 468 g/mol. The molecule has 3 aromatic carbocycles. The summed E-state index contributed by atoms with van der Waals surface area (Å²) in [7, 11) is 3.52. The van der Waals surface area contributed by atoms with E-state index in [1.165, 1.54) is 11.8 Å². The largest absolute Gasteiger partial charge is 0.348 e. The fraction of sp³-hybridized carbons (Fsp3) is 0.345. The molecule has 1 atom stereocenters. The molecule has 1 unspecified atom stereocenters. The van der Waals surface area contributed by atoms with Crippen LogP contribution in [-0.4, -0.2) is 61.0 Å². The molecule has 0 saturated carbocycles. The number of piperidine rings is 1. The van der Waals surface area contributed by atoms with E-state index in [9.17, 15) is 9.59 Å². The third-order valence-electron chi connectivity index (χ3n) is 6.56. The van der Waals surface area contributed by atoms with E-state index in [0.29, 0.717) is 17.6 Å². The van der Waals surface area contributed by atoms with Crippen LogP contribution in [-0.2, 0) is 9.59 Å². The van der Waals surface area contributed by atoms with E-state index in [1.807, 2.05) is 49.4 Å². The molecule has 1 N–H and O–H groups in total. The van der Waals surface area contributed by atoms with Crippen molar-refractivity contribution in [2.24, 2.45) is 10.9 Å². The Kier molecular flexibility index (Phi) is 8.78. The van der Waals surface area contributed by atoms with Crippen LogP contribution in [0.15, 0.2) is 71.7 Å². The molecule has 1 fully saturated rings. The molecule has 36 heavy (non-hydrogen) atoms. The molecule has 188 valence electrons. The Morgan fingerprint density at radius 3 is 2.33 bits per heavy atom. The molecule has 1 saturated heterocycles. The Balaban J connectivity index is 1.77. The number of carbonyl (C=O) groups excluding carboxylic acids is 2. The van der Waals surface area contributed by atoms with Crippen LogP contribution >= 0.6 is 11.8 Å². The van der Waals surface area contributed by atoms with Gasteiger partial charge in [0, 0.05) is 20.6 Å². The highest BCUT2D eigenvalue weighted by Gasteiger charge is 2.29. The van der Waals surface area contributed by atoms with E-state index in [0.717, 1.165) is 59.9 Å². The van der Waals surface area contributed by atoms with E-state index in [4.69, 9.17) is 4.99 Å². The van der Waals surface area contributed by atoms with E-state index in [1.54, 1.807) is 23.9 Å². The normalized spacial score (nSPS) is 15.5. The minimum absolute atomic E-state index is 0.0400. The second kappa shape index (κ2) is 12.2. The number of amidine groups is 1. The molecule has 4 rings (SSSR count). The van der Waals surface area contributed by atoms with Crippen molar-refractivity contribution in [3.63, 3.8) is 0 Å². The van der Waals surface area contributed by atoms with Crippen molar-refractivity contribution in [3.05, 3.63) is 77.9 Å². The van der Waals surface area contributed by atoms with Crippen LogP contribution in [0.1, 0.15) is 29.2 Å². The lowest BCUT2D eigenvalue weighted by molar-refractivity contribution is -0.128. The Morgan fingerprint density at radius 1 is 1.06 bits per heavy atom. The van der Waals surface area contributed by atoms with Gasteiger partial charge in [0.1, 0.15) is 5.25 Å². The average molecular weight is 503 g/mol. The molecule has 0 radical (unpaired) electrons. The van der Waals surface area contributed by atoms with E-state index >= 15 is 0 Å². The molecule has 0 bridgehead atoms. The summed E-state index contributed by atoms with van der Waals surface area (Å²) in [6.45, 7) is 4.52. The fourth-order valence-electron chi connectivity index (χ4n) is 4.46. The zero-order valence-corrected chi connectivity index (χ0v) is 22.0. The number of hydrogen-bond donors (Lipinski definition) is 1. The van der Waals surface area contributed by atoms with Crippen molar-refractivity contribution in [3.8, 4) is 0 Å². The van der Waals surface area contributed by atoms with E-state index < -0.39 is 5.25 Å². The Hall–Kier alpha value is -3.16. The number of thioether (sulfide) groups is 1. The van der Waals surface area contributed by atoms with Gasteiger partial charge in [-0.05, 0) is 72.8 Å². The first-order valence-corrected chi connectivity index (χ1v) is 13.3. The zero-order valence-electron chi connectivity index (χ0n) is 21.2. The minimum Gasteiger partial charge on any atom is -0.348 e. The highest BCUT2D eigenvalue weighted by Crippen LogP contribution is 2.35. The second-order valence-corrected chi connectivity index (χ2v) is 10.5. The maximum absolute atomic E-state index is 13.3. The van der Waals surface area contributed by atoms with Gasteiger partial charge in [0.05, 0.1) is 5.69 Å². The van der Waals surface area contributed by atoms with Crippen LogP contribution in [0.25, 0.3) is 10.8 Å². The SMILES string of the molecule is Cc1cc2ccccc2cc1N=C(SC(C(=O)N(C)C)c1ccccc1)N(C=O)CC1CCNCC1. The number of carbonyl (C=O) groups is 2. The van der Waals surface area contributed by atoms with Crippen molar-refractivity contribution < 1.29 is 9.59 Å². The van der Waals surface area contributed by atoms with Crippen LogP contribution in [0.3, 0.4) is 0 Å². The molecule has 0 spiro atoms. The first-order valence-electron chi connectivity index (χ1n) is 12.4. The van der Waals surface area contributed by atoms with Gasteiger partial charge >= 0.3 is 0 Å². The predicted molar refractivity (Wildman–Crippen MR) is 150 cm³/mol. The number of aryl methyl sites for hydroxylation is 1. The summed E-state index contributed by atoms with van der Waals surface area (Å²) in [6, 6.07) is 22.1. The van der Waals surface area contributed by atoms with Gasteiger partial charge in [0.25, 0.3) is 0 Å².